The van der Waals surface area contributed by atoms with E-state index in [1.807, 2.05) is 17.2 Å². The van der Waals surface area contributed by atoms with E-state index in [0.717, 1.165) is 33.7 Å². The van der Waals surface area contributed by atoms with E-state index in [-0.39, 0.29) is 7.46 Å². The number of carbonyl (C=O) groups excluding carboxylic acids is 1. The van der Waals surface area contributed by atoms with Gasteiger partial charge in [0.15, 0.2) is 0 Å². The summed E-state index contributed by atoms with van der Waals surface area (Å²) in [6.07, 6.45) is 4.63. The molecule has 4 rings (SSSR count). The highest BCUT2D eigenvalue weighted by atomic mass is 32.1. The quantitative estimate of drug-likeness (QED) is 0.707. The SMILES string of the molecule is C=C1c2cc(Cc3c[nH]c4ncccc34)sc2N(CC(C)C)C(=O)N1C.[HH]. The summed E-state index contributed by atoms with van der Waals surface area (Å²) in [6, 6.07) is 6.22. The Morgan fingerprint density at radius 3 is 3.00 bits per heavy atom. The van der Waals surface area contributed by atoms with Gasteiger partial charge in [-0.15, -0.1) is 11.3 Å². The minimum Gasteiger partial charge on any atom is -0.346 e. The Labute approximate surface area is 158 Å². The third-order valence-electron chi connectivity index (χ3n) is 4.69. The molecule has 0 unspecified atom stereocenters. The zero-order chi connectivity index (χ0) is 18.4. The first-order valence-corrected chi connectivity index (χ1v) is 9.55. The maximum Gasteiger partial charge on any atom is 0.329 e. The van der Waals surface area contributed by atoms with Gasteiger partial charge in [0.1, 0.15) is 10.6 Å². The summed E-state index contributed by atoms with van der Waals surface area (Å²) in [5, 5.41) is 2.16. The predicted molar refractivity (Wildman–Crippen MR) is 110 cm³/mol. The molecule has 26 heavy (non-hydrogen) atoms. The number of carbonyl (C=O) groups is 1. The van der Waals surface area contributed by atoms with Gasteiger partial charge in [-0.05, 0) is 29.7 Å². The molecule has 136 valence electrons. The third kappa shape index (κ3) is 2.70. The molecule has 0 spiro atoms. The summed E-state index contributed by atoms with van der Waals surface area (Å²) in [5.74, 6) is 0.400. The van der Waals surface area contributed by atoms with Crippen LogP contribution in [0.3, 0.4) is 0 Å². The van der Waals surface area contributed by atoms with E-state index >= 15 is 0 Å². The van der Waals surface area contributed by atoms with Gasteiger partial charge in [0, 0.05) is 55.4 Å². The summed E-state index contributed by atoms with van der Waals surface area (Å²) in [6.45, 7) is 9.10. The minimum atomic E-state index is 0. The van der Waals surface area contributed by atoms with Crippen molar-refractivity contribution >= 4 is 39.1 Å². The molecule has 3 aromatic rings. The molecule has 0 bridgehead atoms. The molecule has 0 fully saturated rings. The number of H-pyrrole nitrogens is 1. The molecule has 0 aliphatic carbocycles. The maximum atomic E-state index is 12.7. The Morgan fingerprint density at radius 2 is 2.23 bits per heavy atom. The summed E-state index contributed by atoms with van der Waals surface area (Å²) < 4.78 is 0. The lowest BCUT2D eigenvalue weighted by molar-refractivity contribution is 0.229. The summed E-state index contributed by atoms with van der Waals surface area (Å²) in [4.78, 5) is 25.1. The number of anilines is 1. The van der Waals surface area contributed by atoms with Crippen molar-refractivity contribution in [1.82, 2.24) is 14.9 Å². The molecule has 0 atom stereocenters. The average Bonchev–Trinajstić information content (AvgIpc) is 3.22. The lowest BCUT2D eigenvalue weighted by atomic mass is 10.1. The minimum absolute atomic E-state index is 0. The zero-order valence-electron chi connectivity index (χ0n) is 15.2. The molecule has 2 amide bonds. The number of pyridine rings is 1. The largest absolute Gasteiger partial charge is 0.346 e. The van der Waals surface area contributed by atoms with Gasteiger partial charge in [-0.2, -0.15) is 0 Å². The Hall–Kier alpha value is -2.60. The highest BCUT2D eigenvalue weighted by Crippen LogP contribution is 2.42. The first-order chi connectivity index (χ1) is 12.5. The van der Waals surface area contributed by atoms with Gasteiger partial charge in [0.25, 0.3) is 0 Å². The van der Waals surface area contributed by atoms with Crippen molar-refractivity contribution in [2.45, 2.75) is 20.3 Å². The van der Waals surface area contributed by atoms with Gasteiger partial charge >= 0.3 is 6.03 Å². The smallest absolute Gasteiger partial charge is 0.329 e. The lowest BCUT2D eigenvalue weighted by Gasteiger charge is -2.35. The van der Waals surface area contributed by atoms with Gasteiger partial charge in [-0.25, -0.2) is 9.78 Å². The topological polar surface area (TPSA) is 52.2 Å². The molecule has 0 aromatic carbocycles. The van der Waals surface area contributed by atoms with Crippen LogP contribution in [0.4, 0.5) is 9.80 Å². The van der Waals surface area contributed by atoms with Crippen molar-refractivity contribution in [2.24, 2.45) is 5.92 Å². The maximum absolute atomic E-state index is 12.7. The van der Waals surface area contributed by atoms with Crippen LogP contribution in [0.15, 0.2) is 37.2 Å². The molecule has 1 N–H and O–H groups in total. The van der Waals surface area contributed by atoms with Gasteiger partial charge in [-0.3, -0.25) is 9.80 Å². The number of amides is 2. The number of thiophene rings is 1. The van der Waals surface area contributed by atoms with Crippen LogP contribution in [0.2, 0.25) is 0 Å². The van der Waals surface area contributed by atoms with Crippen LogP contribution in [0.1, 0.15) is 31.3 Å². The Kier molecular flexibility index (Phi) is 4.07. The molecule has 0 saturated heterocycles. The van der Waals surface area contributed by atoms with Crippen LogP contribution >= 0.6 is 11.3 Å². The van der Waals surface area contributed by atoms with Crippen molar-refractivity contribution in [1.29, 1.82) is 0 Å². The molecule has 0 radical (unpaired) electrons. The van der Waals surface area contributed by atoms with E-state index in [1.165, 1.54) is 10.4 Å². The van der Waals surface area contributed by atoms with Crippen LogP contribution < -0.4 is 4.90 Å². The summed E-state index contributed by atoms with van der Waals surface area (Å²) >= 11 is 1.69. The highest BCUT2D eigenvalue weighted by molar-refractivity contribution is 7.16. The monoisotopic (exact) mass is 368 g/mol. The van der Waals surface area contributed by atoms with Crippen molar-refractivity contribution in [3.63, 3.8) is 0 Å². The molecule has 5 nitrogen and oxygen atoms in total. The number of aromatic amines is 1. The molecule has 0 saturated carbocycles. The van der Waals surface area contributed by atoms with Gasteiger partial charge in [0.05, 0.1) is 0 Å². The molecular weight excluding hydrogens is 344 g/mol. The second-order valence-electron chi connectivity index (χ2n) is 7.11. The Balaban J connectivity index is 0.00000210. The molecule has 6 heteroatoms. The number of fused-ring (bicyclic) bond motifs is 2. The second kappa shape index (κ2) is 6.29. The zero-order valence-corrected chi connectivity index (χ0v) is 16.1. The lowest BCUT2D eigenvalue weighted by Crippen LogP contribution is -2.45. The van der Waals surface area contributed by atoms with Crippen LogP contribution in [-0.4, -0.2) is 34.5 Å². The Morgan fingerprint density at radius 1 is 1.42 bits per heavy atom. The van der Waals surface area contributed by atoms with Crippen LogP contribution in [0.25, 0.3) is 16.7 Å². The first-order valence-electron chi connectivity index (χ1n) is 8.74. The molecule has 4 heterocycles. The number of hydrogen-bond donors (Lipinski definition) is 1. The number of hydrogen-bond acceptors (Lipinski definition) is 3. The molecule has 1 aliphatic rings. The molecule has 1 aliphatic heterocycles. The number of urea groups is 1. The molecule has 3 aromatic heterocycles. The van der Waals surface area contributed by atoms with E-state index in [4.69, 9.17) is 0 Å². The fraction of sp³-hybridized carbons (Fsp3) is 0.300. The van der Waals surface area contributed by atoms with E-state index in [9.17, 15) is 4.79 Å². The van der Waals surface area contributed by atoms with E-state index in [2.05, 4.69) is 42.5 Å². The standard InChI is InChI=1S/C20H22N4OS.H2/c1-12(2)11-24-19-17(13(3)23(4)20(24)25)9-15(26-19)8-14-10-22-18-16(14)6-5-7-21-18;/h5-7,9-10,12H,3,8,11H2,1-2,4H3,(H,21,22);1H. The normalized spacial score (nSPS) is 14.6. The number of aromatic nitrogens is 2. The van der Waals surface area contributed by atoms with Gasteiger partial charge in [-0.1, -0.05) is 20.4 Å². The molecular formula is C20H24N4OS. The fourth-order valence-electron chi connectivity index (χ4n) is 3.36. The van der Waals surface area contributed by atoms with E-state index in [1.54, 1.807) is 29.5 Å². The van der Waals surface area contributed by atoms with Crippen molar-refractivity contribution in [3.05, 3.63) is 53.2 Å². The second-order valence-corrected chi connectivity index (χ2v) is 8.23. The van der Waals surface area contributed by atoms with Crippen LogP contribution in [-0.2, 0) is 6.42 Å². The number of nitrogens with one attached hydrogen (secondary N) is 1. The van der Waals surface area contributed by atoms with Crippen molar-refractivity contribution in [3.8, 4) is 0 Å². The van der Waals surface area contributed by atoms with Gasteiger partial charge < -0.3 is 4.98 Å². The fourth-order valence-corrected chi connectivity index (χ4v) is 4.56. The first kappa shape index (κ1) is 16.8. The van der Waals surface area contributed by atoms with Gasteiger partial charge in [0.2, 0.25) is 0 Å². The van der Waals surface area contributed by atoms with Crippen molar-refractivity contribution in [2.75, 3.05) is 18.5 Å². The Bertz CT molecular complexity index is 1010. The van der Waals surface area contributed by atoms with E-state index < -0.39 is 0 Å². The number of nitrogens with zero attached hydrogens (tertiary/aromatic N) is 3. The van der Waals surface area contributed by atoms with Crippen LogP contribution in [0.5, 0.6) is 0 Å². The third-order valence-corrected chi connectivity index (χ3v) is 5.85. The van der Waals surface area contributed by atoms with E-state index in [0.29, 0.717) is 12.5 Å². The van der Waals surface area contributed by atoms with Crippen LogP contribution in [0, 0.1) is 5.92 Å². The van der Waals surface area contributed by atoms with Crippen molar-refractivity contribution < 1.29 is 6.22 Å². The predicted octanol–water partition coefficient (Wildman–Crippen LogP) is 4.96. The average molecular weight is 369 g/mol. The number of rotatable bonds is 4. The highest BCUT2D eigenvalue weighted by Gasteiger charge is 2.33. The summed E-state index contributed by atoms with van der Waals surface area (Å²) in [7, 11) is 1.80. The summed E-state index contributed by atoms with van der Waals surface area (Å²) in [5.41, 5.74) is 3.95.